The Bertz CT molecular complexity index is 785. The number of aromatic carboxylic acids is 2. The number of rotatable bonds is 5. The van der Waals surface area contributed by atoms with Crippen LogP contribution >= 0.6 is 0 Å². The van der Waals surface area contributed by atoms with Gasteiger partial charge in [-0.1, -0.05) is 18.2 Å². The van der Waals surface area contributed by atoms with Crippen LogP contribution in [0.3, 0.4) is 0 Å². The number of nitrogens with two attached hydrogens (primary N) is 1. The molecule has 4 N–H and O–H groups in total. The summed E-state index contributed by atoms with van der Waals surface area (Å²) >= 11 is 0. The van der Waals surface area contributed by atoms with Crippen LogP contribution in [0.25, 0.3) is 0 Å². The van der Waals surface area contributed by atoms with Crippen LogP contribution in [0.4, 0.5) is 0 Å². The maximum Gasteiger partial charge on any atom is 0.336 e. The predicted octanol–water partition coefficient (Wildman–Crippen LogP) is 2.58. The van der Waals surface area contributed by atoms with Crippen LogP contribution in [-0.4, -0.2) is 34.7 Å². The average Bonchev–Trinajstić information content (AvgIpc) is 2.57. The molecule has 0 saturated carbocycles. The Labute approximate surface area is 144 Å². The first-order chi connectivity index (χ1) is 11.8. The van der Waals surface area contributed by atoms with E-state index in [2.05, 4.69) is 0 Å². The van der Waals surface area contributed by atoms with E-state index in [0.29, 0.717) is 0 Å². The van der Waals surface area contributed by atoms with Gasteiger partial charge in [0.15, 0.2) is 0 Å². The zero-order chi connectivity index (χ0) is 19.0. The summed E-state index contributed by atoms with van der Waals surface area (Å²) in [6, 6.07) is 11.1. The lowest BCUT2D eigenvalue weighted by atomic mass is 10.0. The van der Waals surface area contributed by atoms with Gasteiger partial charge in [-0.2, -0.15) is 0 Å². The molecule has 0 aliphatic carbocycles. The number of hydrogen-bond donors (Lipinski definition) is 3. The highest BCUT2D eigenvalue weighted by Crippen LogP contribution is 2.15. The number of aryl methyl sites for hydroxylation is 1. The van der Waals surface area contributed by atoms with Gasteiger partial charge in [0.1, 0.15) is 5.75 Å². The molecule has 7 nitrogen and oxygen atoms in total. The van der Waals surface area contributed by atoms with E-state index in [0.717, 1.165) is 30.6 Å². The van der Waals surface area contributed by atoms with Crippen LogP contribution in [0.2, 0.25) is 0 Å². The number of amides is 1. The van der Waals surface area contributed by atoms with Gasteiger partial charge in [0, 0.05) is 0 Å². The highest BCUT2D eigenvalue weighted by Gasteiger charge is 2.16. The number of carbonyl (C=O) groups excluding carboxylic acids is 1. The van der Waals surface area contributed by atoms with Crippen molar-refractivity contribution < 1.29 is 29.3 Å². The third-order valence-corrected chi connectivity index (χ3v) is 3.16. The maximum absolute atomic E-state index is 10.8. The number of hydrogen-bond acceptors (Lipinski definition) is 4. The average molecular weight is 345 g/mol. The maximum atomic E-state index is 10.8. The van der Waals surface area contributed by atoms with Gasteiger partial charge < -0.3 is 20.7 Å². The Morgan fingerprint density at radius 3 is 2.12 bits per heavy atom. The molecule has 2 aromatic rings. The fourth-order valence-corrected chi connectivity index (χ4v) is 1.94. The van der Waals surface area contributed by atoms with E-state index >= 15 is 0 Å². The topological polar surface area (TPSA) is 127 Å². The highest BCUT2D eigenvalue weighted by atomic mass is 16.5. The molecule has 0 spiro atoms. The lowest BCUT2D eigenvalue weighted by molar-refractivity contribution is 0.0692. The van der Waals surface area contributed by atoms with E-state index < -0.39 is 23.4 Å². The van der Waals surface area contributed by atoms with E-state index in [1.165, 1.54) is 5.56 Å². The molecule has 7 heteroatoms. The predicted molar refractivity (Wildman–Crippen MR) is 91.2 cm³/mol. The molecule has 132 valence electrons. The van der Waals surface area contributed by atoms with Crippen molar-refractivity contribution in [3.05, 3.63) is 64.7 Å². The standard InChI is InChI=1S/C9H7NO5.C9H12O/c10-7(11)5-2-1-4(8(12)13)3-6(5)9(14)15;1-3-10-9-7-5-4-6-8(9)2/h1-3H,(H2,10,11)(H,12,13)(H,14,15);4-7H,3H2,1-2H3. The molecule has 0 fully saturated rings. The van der Waals surface area contributed by atoms with Gasteiger partial charge in [0.25, 0.3) is 0 Å². The smallest absolute Gasteiger partial charge is 0.336 e. The number of carboxylic acid groups (broad SMARTS) is 2. The summed E-state index contributed by atoms with van der Waals surface area (Å²) in [6.45, 7) is 4.78. The molecule has 2 aromatic carbocycles. The number of primary amides is 1. The van der Waals surface area contributed by atoms with Crippen molar-refractivity contribution in [2.75, 3.05) is 6.61 Å². The van der Waals surface area contributed by atoms with E-state index in [1.54, 1.807) is 0 Å². The van der Waals surface area contributed by atoms with Gasteiger partial charge >= 0.3 is 11.9 Å². The molecule has 0 aliphatic heterocycles. The van der Waals surface area contributed by atoms with E-state index in [9.17, 15) is 14.4 Å². The minimum Gasteiger partial charge on any atom is -0.494 e. The van der Waals surface area contributed by atoms with Gasteiger partial charge in [-0.05, 0) is 43.7 Å². The Morgan fingerprint density at radius 1 is 1.00 bits per heavy atom. The molecule has 1 amide bonds. The van der Waals surface area contributed by atoms with Gasteiger partial charge in [-0.25, -0.2) is 9.59 Å². The monoisotopic (exact) mass is 345 g/mol. The van der Waals surface area contributed by atoms with E-state index in [-0.39, 0.29) is 11.1 Å². The van der Waals surface area contributed by atoms with Crippen LogP contribution in [-0.2, 0) is 0 Å². The largest absolute Gasteiger partial charge is 0.494 e. The Hall–Kier alpha value is -3.35. The molecule has 2 rings (SSSR count). The minimum absolute atomic E-state index is 0.211. The second-order valence-electron chi connectivity index (χ2n) is 4.93. The van der Waals surface area contributed by atoms with Crippen LogP contribution < -0.4 is 10.5 Å². The van der Waals surface area contributed by atoms with Crippen molar-refractivity contribution in [3.8, 4) is 5.75 Å². The summed E-state index contributed by atoms with van der Waals surface area (Å²) in [5.74, 6) is -2.59. The molecule has 0 aliphatic rings. The van der Waals surface area contributed by atoms with Crippen LogP contribution in [0, 0.1) is 6.92 Å². The van der Waals surface area contributed by atoms with Gasteiger partial charge in [-0.3, -0.25) is 4.79 Å². The summed E-state index contributed by atoms with van der Waals surface area (Å²) in [5, 5.41) is 17.3. The molecule has 0 heterocycles. The Balaban J connectivity index is 0.000000271. The third kappa shape index (κ3) is 5.65. The van der Waals surface area contributed by atoms with Gasteiger partial charge in [0.2, 0.25) is 5.91 Å². The summed E-state index contributed by atoms with van der Waals surface area (Å²) in [6.07, 6.45) is 0. The summed E-state index contributed by atoms with van der Waals surface area (Å²) in [5.41, 5.74) is 5.29. The van der Waals surface area contributed by atoms with Gasteiger partial charge in [-0.15, -0.1) is 0 Å². The van der Waals surface area contributed by atoms with E-state index in [1.807, 2.05) is 38.1 Å². The summed E-state index contributed by atoms with van der Waals surface area (Å²) in [4.78, 5) is 32.1. The molecule has 0 radical (unpaired) electrons. The zero-order valence-electron chi connectivity index (χ0n) is 13.9. The van der Waals surface area contributed by atoms with Crippen molar-refractivity contribution in [2.45, 2.75) is 13.8 Å². The first kappa shape index (κ1) is 19.7. The fourth-order valence-electron chi connectivity index (χ4n) is 1.94. The summed E-state index contributed by atoms with van der Waals surface area (Å²) < 4.78 is 5.34. The lowest BCUT2D eigenvalue weighted by Gasteiger charge is -2.04. The SMILES string of the molecule is CCOc1ccccc1C.NC(=O)c1ccc(C(=O)O)cc1C(=O)O. The molecule has 25 heavy (non-hydrogen) atoms. The number of carboxylic acids is 2. The Morgan fingerprint density at radius 2 is 1.64 bits per heavy atom. The normalized spacial score (nSPS) is 9.52. The Kier molecular flexibility index (Phi) is 7.15. The highest BCUT2D eigenvalue weighted by molar-refractivity contribution is 6.05. The zero-order valence-corrected chi connectivity index (χ0v) is 13.9. The molecule has 0 aromatic heterocycles. The number of benzene rings is 2. The van der Waals surface area contributed by atoms with Crippen LogP contribution in [0.15, 0.2) is 42.5 Å². The molecular weight excluding hydrogens is 326 g/mol. The van der Waals surface area contributed by atoms with Crippen molar-refractivity contribution >= 4 is 17.8 Å². The molecular formula is C18H19NO6. The minimum atomic E-state index is -1.40. The molecule has 0 unspecified atom stereocenters. The van der Waals surface area contributed by atoms with E-state index in [4.69, 9.17) is 20.7 Å². The van der Waals surface area contributed by atoms with Crippen molar-refractivity contribution in [1.29, 1.82) is 0 Å². The second kappa shape index (κ2) is 9.07. The van der Waals surface area contributed by atoms with Crippen molar-refractivity contribution in [3.63, 3.8) is 0 Å². The first-order valence-electron chi connectivity index (χ1n) is 7.36. The first-order valence-corrected chi connectivity index (χ1v) is 7.36. The number of para-hydroxylation sites is 1. The molecule has 0 atom stereocenters. The number of carbonyl (C=O) groups is 3. The number of ether oxygens (including phenoxy) is 1. The lowest BCUT2D eigenvalue weighted by Crippen LogP contribution is -2.17. The fraction of sp³-hybridized carbons (Fsp3) is 0.167. The second-order valence-corrected chi connectivity index (χ2v) is 4.93. The van der Waals surface area contributed by atoms with Crippen LogP contribution in [0.1, 0.15) is 43.6 Å². The quantitative estimate of drug-likeness (QED) is 0.764. The van der Waals surface area contributed by atoms with Crippen molar-refractivity contribution in [2.24, 2.45) is 5.73 Å². The third-order valence-electron chi connectivity index (χ3n) is 3.16. The van der Waals surface area contributed by atoms with Crippen LogP contribution in [0.5, 0.6) is 5.75 Å². The summed E-state index contributed by atoms with van der Waals surface area (Å²) in [7, 11) is 0. The van der Waals surface area contributed by atoms with Crippen molar-refractivity contribution in [1.82, 2.24) is 0 Å². The molecule has 0 bridgehead atoms. The molecule has 0 saturated heterocycles. The van der Waals surface area contributed by atoms with Gasteiger partial charge in [0.05, 0.1) is 23.3 Å².